The van der Waals surface area contributed by atoms with Gasteiger partial charge in [-0.3, -0.25) is 0 Å². The molecule has 0 aliphatic heterocycles. The Kier molecular flexibility index (Phi) is 3.34. The van der Waals surface area contributed by atoms with Gasteiger partial charge < -0.3 is 10.5 Å². The molecular weight excluding hydrogens is 274 g/mol. The molecule has 0 aliphatic carbocycles. The number of para-hydroxylation sites is 1. The summed E-state index contributed by atoms with van der Waals surface area (Å²) in [6.45, 7) is 2.44. The van der Waals surface area contributed by atoms with E-state index >= 15 is 0 Å². The first-order valence-electron chi connectivity index (χ1n) is 6.14. The van der Waals surface area contributed by atoms with Gasteiger partial charge >= 0.3 is 0 Å². The van der Waals surface area contributed by atoms with E-state index in [0.717, 1.165) is 11.3 Å². The van der Waals surface area contributed by atoms with Crippen LogP contribution in [0.5, 0.6) is 5.75 Å². The Balaban J connectivity index is 2.15. The van der Waals surface area contributed by atoms with E-state index < -0.39 is 0 Å². The predicted octanol–water partition coefficient (Wildman–Crippen LogP) is 2.37. The molecule has 7 heteroatoms. The highest BCUT2D eigenvalue weighted by atomic mass is 32.1. The highest BCUT2D eigenvalue weighted by Crippen LogP contribution is 2.34. The van der Waals surface area contributed by atoms with E-state index in [1.807, 2.05) is 35.9 Å². The number of tetrazole rings is 1. The standard InChI is InChI=1S/C13H13N5OS/c1-2-19-12-10(4-3-5-11(12)14)13-15-16-17-18(13)9-6-7-20-8-9/h3-8H,2,14H2,1H3. The molecule has 102 valence electrons. The molecule has 0 amide bonds. The average molecular weight is 287 g/mol. The smallest absolute Gasteiger partial charge is 0.190 e. The highest BCUT2D eigenvalue weighted by Gasteiger charge is 2.17. The Bertz CT molecular complexity index is 707. The quantitative estimate of drug-likeness (QED) is 0.745. The normalized spacial score (nSPS) is 10.7. The Morgan fingerprint density at radius 1 is 1.35 bits per heavy atom. The van der Waals surface area contributed by atoms with Crippen LogP contribution in [0.3, 0.4) is 0 Å². The van der Waals surface area contributed by atoms with Crippen LogP contribution in [0.25, 0.3) is 17.1 Å². The molecule has 0 fully saturated rings. The maximum absolute atomic E-state index is 5.98. The van der Waals surface area contributed by atoms with Crippen molar-refractivity contribution in [3.63, 3.8) is 0 Å². The number of anilines is 1. The Labute approximate surface area is 119 Å². The second-order valence-electron chi connectivity index (χ2n) is 4.05. The first-order chi connectivity index (χ1) is 9.81. The van der Waals surface area contributed by atoms with Crippen LogP contribution in [0.4, 0.5) is 5.69 Å². The van der Waals surface area contributed by atoms with Crippen LogP contribution in [-0.2, 0) is 0 Å². The zero-order chi connectivity index (χ0) is 13.9. The third-order valence-corrected chi connectivity index (χ3v) is 3.47. The van der Waals surface area contributed by atoms with Gasteiger partial charge in [-0.2, -0.15) is 16.0 Å². The molecule has 0 bridgehead atoms. The molecule has 1 aromatic carbocycles. The van der Waals surface area contributed by atoms with Crippen LogP contribution in [0.1, 0.15) is 6.92 Å². The number of rotatable bonds is 4. The lowest BCUT2D eigenvalue weighted by molar-refractivity contribution is 0.343. The van der Waals surface area contributed by atoms with Crippen molar-refractivity contribution in [2.24, 2.45) is 0 Å². The summed E-state index contributed by atoms with van der Waals surface area (Å²) < 4.78 is 7.31. The van der Waals surface area contributed by atoms with E-state index in [1.54, 1.807) is 22.1 Å². The molecule has 0 saturated carbocycles. The van der Waals surface area contributed by atoms with Gasteiger partial charge in [0.05, 0.1) is 23.5 Å². The molecule has 0 atom stereocenters. The fourth-order valence-corrected chi connectivity index (χ4v) is 2.56. The van der Waals surface area contributed by atoms with Crippen molar-refractivity contribution in [1.82, 2.24) is 20.2 Å². The first-order valence-corrected chi connectivity index (χ1v) is 7.08. The number of nitrogens with zero attached hydrogens (tertiary/aromatic N) is 4. The topological polar surface area (TPSA) is 78.8 Å². The van der Waals surface area contributed by atoms with Crippen molar-refractivity contribution in [3.8, 4) is 22.8 Å². The molecule has 0 unspecified atom stereocenters. The second-order valence-corrected chi connectivity index (χ2v) is 4.83. The van der Waals surface area contributed by atoms with Crippen LogP contribution in [0, 0.1) is 0 Å². The van der Waals surface area contributed by atoms with Crippen LogP contribution in [0.2, 0.25) is 0 Å². The van der Waals surface area contributed by atoms with Crippen LogP contribution >= 0.6 is 11.3 Å². The number of thiophene rings is 1. The van der Waals surface area contributed by atoms with Crippen LogP contribution in [-0.4, -0.2) is 26.8 Å². The molecule has 2 aromatic heterocycles. The van der Waals surface area contributed by atoms with Gasteiger partial charge in [0, 0.05) is 5.38 Å². The van der Waals surface area contributed by atoms with Gasteiger partial charge in [0.15, 0.2) is 11.6 Å². The minimum Gasteiger partial charge on any atom is -0.491 e. The summed E-state index contributed by atoms with van der Waals surface area (Å²) in [5, 5.41) is 15.8. The maximum atomic E-state index is 5.98. The summed E-state index contributed by atoms with van der Waals surface area (Å²) in [7, 11) is 0. The fourth-order valence-electron chi connectivity index (χ4n) is 1.94. The number of ether oxygens (including phenoxy) is 1. The number of nitrogen functional groups attached to an aromatic ring is 1. The minimum atomic E-state index is 0.529. The number of aromatic nitrogens is 4. The van der Waals surface area contributed by atoms with E-state index in [4.69, 9.17) is 10.5 Å². The zero-order valence-corrected chi connectivity index (χ0v) is 11.7. The highest BCUT2D eigenvalue weighted by molar-refractivity contribution is 7.08. The van der Waals surface area contributed by atoms with Crippen molar-refractivity contribution < 1.29 is 4.74 Å². The van der Waals surface area contributed by atoms with E-state index in [9.17, 15) is 0 Å². The van der Waals surface area contributed by atoms with Gasteiger partial charge in [0.2, 0.25) is 0 Å². The molecular formula is C13H13N5OS. The summed E-state index contributed by atoms with van der Waals surface area (Å²) in [5.74, 6) is 1.22. The van der Waals surface area contributed by atoms with Crippen molar-refractivity contribution in [1.29, 1.82) is 0 Å². The minimum absolute atomic E-state index is 0.529. The summed E-state index contributed by atoms with van der Waals surface area (Å²) >= 11 is 1.59. The molecule has 6 nitrogen and oxygen atoms in total. The largest absolute Gasteiger partial charge is 0.491 e. The molecule has 0 radical (unpaired) electrons. The zero-order valence-electron chi connectivity index (χ0n) is 10.9. The Morgan fingerprint density at radius 2 is 2.25 bits per heavy atom. The van der Waals surface area contributed by atoms with Crippen molar-refractivity contribution >= 4 is 17.0 Å². The summed E-state index contributed by atoms with van der Waals surface area (Å²) in [4.78, 5) is 0. The molecule has 0 aliphatic rings. The van der Waals surface area contributed by atoms with Gasteiger partial charge in [-0.25, -0.2) is 0 Å². The number of nitrogens with two attached hydrogens (primary N) is 1. The summed E-state index contributed by atoms with van der Waals surface area (Å²) in [6.07, 6.45) is 0. The monoisotopic (exact) mass is 287 g/mol. The van der Waals surface area contributed by atoms with Gasteiger partial charge in [-0.15, -0.1) is 5.10 Å². The number of hydrogen-bond donors (Lipinski definition) is 1. The Morgan fingerprint density at radius 3 is 3.00 bits per heavy atom. The lowest BCUT2D eigenvalue weighted by Gasteiger charge is -2.11. The summed E-state index contributed by atoms with van der Waals surface area (Å²) in [5.41, 5.74) is 8.25. The van der Waals surface area contributed by atoms with E-state index in [-0.39, 0.29) is 0 Å². The van der Waals surface area contributed by atoms with E-state index in [0.29, 0.717) is 23.9 Å². The lowest BCUT2D eigenvalue weighted by Crippen LogP contribution is -2.03. The van der Waals surface area contributed by atoms with Gasteiger partial charge in [0.25, 0.3) is 0 Å². The third kappa shape index (κ3) is 2.12. The van der Waals surface area contributed by atoms with Gasteiger partial charge in [-0.05, 0) is 40.9 Å². The number of benzene rings is 1. The van der Waals surface area contributed by atoms with Crippen LogP contribution in [0.15, 0.2) is 35.0 Å². The SMILES string of the molecule is CCOc1c(N)cccc1-c1nnnn1-c1ccsc1. The van der Waals surface area contributed by atoms with Crippen LogP contribution < -0.4 is 10.5 Å². The number of hydrogen-bond acceptors (Lipinski definition) is 6. The van der Waals surface area contributed by atoms with Gasteiger partial charge in [-0.1, -0.05) is 6.07 Å². The molecule has 3 rings (SSSR count). The van der Waals surface area contributed by atoms with Crippen molar-refractivity contribution in [3.05, 3.63) is 35.0 Å². The van der Waals surface area contributed by atoms with Crippen molar-refractivity contribution in [2.45, 2.75) is 6.92 Å². The third-order valence-electron chi connectivity index (χ3n) is 2.80. The molecule has 0 spiro atoms. The molecule has 20 heavy (non-hydrogen) atoms. The lowest BCUT2D eigenvalue weighted by atomic mass is 10.1. The first kappa shape index (κ1) is 12.6. The molecule has 3 aromatic rings. The van der Waals surface area contributed by atoms with Gasteiger partial charge in [0.1, 0.15) is 0 Å². The molecule has 2 heterocycles. The average Bonchev–Trinajstić information content (AvgIpc) is 3.10. The van der Waals surface area contributed by atoms with Crippen molar-refractivity contribution in [2.75, 3.05) is 12.3 Å². The Hall–Kier alpha value is -2.41. The fraction of sp³-hybridized carbons (Fsp3) is 0.154. The summed E-state index contributed by atoms with van der Waals surface area (Å²) in [6, 6.07) is 7.51. The molecule has 0 saturated heterocycles. The molecule has 2 N–H and O–H groups in total. The maximum Gasteiger partial charge on any atom is 0.190 e. The van der Waals surface area contributed by atoms with E-state index in [2.05, 4.69) is 15.5 Å². The second kappa shape index (κ2) is 5.30. The predicted molar refractivity (Wildman–Crippen MR) is 78.0 cm³/mol. The van der Waals surface area contributed by atoms with E-state index in [1.165, 1.54) is 0 Å².